The van der Waals surface area contributed by atoms with Crippen LogP contribution in [-0.2, 0) is 6.18 Å². The number of nitrogens with one attached hydrogen (secondary N) is 1. The lowest BCUT2D eigenvalue weighted by Crippen LogP contribution is -2.07. The second-order valence-corrected chi connectivity index (χ2v) is 7.76. The highest BCUT2D eigenvalue weighted by Gasteiger charge is 2.34. The van der Waals surface area contributed by atoms with E-state index >= 15 is 0 Å². The number of hydrogen-bond donors (Lipinski definition) is 2. The molecule has 0 amide bonds. The molecule has 0 aliphatic rings. The molecule has 0 bridgehead atoms. The molecule has 0 spiro atoms. The molecule has 0 atom stereocenters. The van der Waals surface area contributed by atoms with E-state index in [1.54, 1.807) is 30.3 Å². The van der Waals surface area contributed by atoms with Gasteiger partial charge in [-0.05, 0) is 35.9 Å². The lowest BCUT2D eigenvalue weighted by Gasteiger charge is -2.19. The Morgan fingerprint density at radius 1 is 1.06 bits per heavy atom. The van der Waals surface area contributed by atoms with E-state index in [2.05, 4.69) is 21.2 Å². The Morgan fingerprint density at radius 2 is 1.83 bits per heavy atom. The van der Waals surface area contributed by atoms with Crippen LogP contribution in [0.4, 0.5) is 30.6 Å². The molecule has 0 aliphatic heterocycles. The van der Waals surface area contributed by atoms with E-state index in [-0.39, 0.29) is 34.4 Å². The van der Waals surface area contributed by atoms with Crippen LogP contribution in [0.1, 0.15) is 11.1 Å². The van der Waals surface area contributed by atoms with Crippen LogP contribution in [0.15, 0.2) is 48.5 Å². The summed E-state index contributed by atoms with van der Waals surface area (Å²) in [5.74, 6) is 3.16. The first-order chi connectivity index (χ1) is 16.7. The van der Waals surface area contributed by atoms with Gasteiger partial charge in [0.2, 0.25) is 5.95 Å². The number of aromatic nitrogens is 2. The van der Waals surface area contributed by atoms with Crippen molar-refractivity contribution in [3.05, 3.63) is 64.7 Å². The van der Waals surface area contributed by atoms with Gasteiger partial charge in [-0.25, -0.2) is 4.98 Å². The standard InChI is InChI=1S/C25H18ClF3N4O2/c1-4-13-6-5-7-15(10-13)31-23-21-18(32-24(30)33-23)12-19(34-2)22(35-3)20(21)14-8-9-17(26)16(11-14)25(27,28)29/h1,5-12H,2-3H3,(H3,30,31,32,33). The predicted octanol–water partition coefficient (Wildman–Crippen LogP) is 6.29. The van der Waals surface area contributed by atoms with Gasteiger partial charge in [0.1, 0.15) is 5.82 Å². The monoisotopic (exact) mass is 498 g/mol. The lowest BCUT2D eigenvalue weighted by molar-refractivity contribution is -0.137. The summed E-state index contributed by atoms with van der Waals surface area (Å²) in [6.07, 6.45) is 0.828. The Morgan fingerprint density at radius 3 is 2.49 bits per heavy atom. The molecule has 178 valence electrons. The molecule has 6 nitrogen and oxygen atoms in total. The van der Waals surface area contributed by atoms with Gasteiger partial charge >= 0.3 is 6.18 Å². The minimum absolute atomic E-state index is 0.0571. The molecule has 0 aliphatic carbocycles. The van der Waals surface area contributed by atoms with Gasteiger partial charge in [0.05, 0.1) is 35.7 Å². The summed E-state index contributed by atoms with van der Waals surface area (Å²) in [6.45, 7) is 0. The predicted molar refractivity (Wildman–Crippen MR) is 130 cm³/mol. The molecule has 0 saturated heterocycles. The summed E-state index contributed by atoms with van der Waals surface area (Å²) in [5.41, 5.74) is 6.92. The molecule has 4 rings (SSSR count). The van der Waals surface area contributed by atoms with E-state index in [1.165, 1.54) is 26.4 Å². The smallest absolute Gasteiger partial charge is 0.417 e. The number of alkyl halides is 3. The van der Waals surface area contributed by atoms with Crippen LogP contribution in [0.2, 0.25) is 5.02 Å². The number of methoxy groups -OCH3 is 2. The number of terminal acetylenes is 1. The van der Waals surface area contributed by atoms with Crippen LogP contribution in [0, 0.1) is 12.3 Å². The lowest BCUT2D eigenvalue weighted by atomic mass is 9.96. The maximum atomic E-state index is 13.7. The minimum atomic E-state index is -4.67. The number of benzene rings is 3. The molecular weight excluding hydrogens is 481 g/mol. The highest BCUT2D eigenvalue weighted by Crippen LogP contribution is 2.47. The summed E-state index contributed by atoms with van der Waals surface area (Å²) in [5, 5.41) is 3.07. The summed E-state index contributed by atoms with van der Waals surface area (Å²) < 4.78 is 52.0. The SMILES string of the molecule is C#Cc1cccc(Nc2nc(N)nc3cc(OC)c(OC)c(-c4ccc(Cl)c(C(F)(F)F)c4)c23)c1. The minimum Gasteiger partial charge on any atom is -0.493 e. The average Bonchev–Trinajstić information content (AvgIpc) is 2.82. The Labute approximate surface area is 203 Å². The van der Waals surface area contributed by atoms with Gasteiger partial charge in [0.15, 0.2) is 11.5 Å². The molecule has 0 unspecified atom stereocenters. The number of nitrogens with two attached hydrogens (primary N) is 1. The maximum Gasteiger partial charge on any atom is 0.417 e. The number of nitrogen functional groups attached to an aromatic ring is 1. The van der Waals surface area contributed by atoms with E-state index in [1.807, 2.05) is 0 Å². The van der Waals surface area contributed by atoms with Gasteiger partial charge in [-0.3, -0.25) is 0 Å². The molecule has 1 aromatic heterocycles. The summed E-state index contributed by atoms with van der Waals surface area (Å²) >= 11 is 5.86. The summed E-state index contributed by atoms with van der Waals surface area (Å²) in [6, 6.07) is 12.1. The fraction of sp³-hybridized carbons (Fsp3) is 0.120. The Balaban J connectivity index is 2.08. The second kappa shape index (κ2) is 9.24. The topological polar surface area (TPSA) is 82.3 Å². The van der Waals surface area contributed by atoms with Crippen LogP contribution in [-0.4, -0.2) is 24.2 Å². The number of nitrogens with zero attached hydrogens (tertiary/aromatic N) is 2. The molecule has 0 radical (unpaired) electrons. The number of ether oxygens (including phenoxy) is 2. The zero-order valence-electron chi connectivity index (χ0n) is 18.5. The third-order valence-electron chi connectivity index (χ3n) is 5.20. The summed E-state index contributed by atoms with van der Waals surface area (Å²) in [7, 11) is 2.79. The van der Waals surface area contributed by atoms with Crippen molar-refractivity contribution in [1.82, 2.24) is 9.97 Å². The number of anilines is 3. The fourth-order valence-corrected chi connectivity index (χ4v) is 3.94. The molecule has 3 N–H and O–H groups in total. The molecule has 0 fully saturated rings. The van der Waals surface area contributed by atoms with Crippen molar-refractivity contribution in [3.63, 3.8) is 0 Å². The van der Waals surface area contributed by atoms with E-state index < -0.39 is 16.8 Å². The third-order valence-corrected chi connectivity index (χ3v) is 5.53. The highest BCUT2D eigenvalue weighted by molar-refractivity contribution is 6.31. The second-order valence-electron chi connectivity index (χ2n) is 7.35. The number of rotatable bonds is 5. The van der Waals surface area contributed by atoms with E-state index in [4.69, 9.17) is 33.2 Å². The zero-order chi connectivity index (χ0) is 25.3. The van der Waals surface area contributed by atoms with Gasteiger partial charge in [0, 0.05) is 22.9 Å². The molecular formula is C25H18ClF3N4O2. The quantitative estimate of drug-likeness (QED) is 0.314. The molecule has 3 aromatic carbocycles. The first-order valence-electron chi connectivity index (χ1n) is 10.1. The zero-order valence-corrected chi connectivity index (χ0v) is 19.3. The molecule has 0 saturated carbocycles. The van der Waals surface area contributed by atoms with Crippen molar-refractivity contribution >= 4 is 40.0 Å². The van der Waals surface area contributed by atoms with Crippen molar-refractivity contribution in [2.45, 2.75) is 6.18 Å². The van der Waals surface area contributed by atoms with Gasteiger partial charge in [-0.15, -0.1) is 6.42 Å². The van der Waals surface area contributed by atoms with Gasteiger partial charge in [-0.2, -0.15) is 18.2 Å². The van der Waals surface area contributed by atoms with Crippen molar-refractivity contribution in [2.24, 2.45) is 0 Å². The first kappa shape index (κ1) is 24.0. The maximum absolute atomic E-state index is 13.7. The average molecular weight is 499 g/mol. The van der Waals surface area contributed by atoms with Crippen LogP contribution < -0.4 is 20.5 Å². The van der Waals surface area contributed by atoms with Gasteiger partial charge in [-0.1, -0.05) is 29.7 Å². The van der Waals surface area contributed by atoms with Gasteiger partial charge in [0.25, 0.3) is 0 Å². The number of hydrogen-bond acceptors (Lipinski definition) is 6. The highest BCUT2D eigenvalue weighted by atomic mass is 35.5. The van der Waals surface area contributed by atoms with E-state index in [9.17, 15) is 13.2 Å². The van der Waals surface area contributed by atoms with Crippen molar-refractivity contribution in [1.29, 1.82) is 0 Å². The largest absolute Gasteiger partial charge is 0.493 e. The normalized spacial score (nSPS) is 11.2. The van der Waals surface area contributed by atoms with Crippen LogP contribution in [0.25, 0.3) is 22.0 Å². The molecule has 1 heterocycles. The van der Waals surface area contributed by atoms with Crippen molar-refractivity contribution < 1.29 is 22.6 Å². The van der Waals surface area contributed by atoms with Crippen LogP contribution in [0.5, 0.6) is 11.5 Å². The van der Waals surface area contributed by atoms with E-state index in [0.29, 0.717) is 22.2 Å². The van der Waals surface area contributed by atoms with Gasteiger partial charge < -0.3 is 20.5 Å². The summed E-state index contributed by atoms with van der Waals surface area (Å²) in [4.78, 5) is 8.60. The molecule has 4 aromatic rings. The number of halogens is 4. The van der Waals surface area contributed by atoms with Crippen LogP contribution in [0.3, 0.4) is 0 Å². The molecule has 10 heteroatoms. The van der Waals surface area contributed by atoms with Crippen molar-refractivity contribution in [3.8, 4) is 35.0 Å². The van der Waals surface area contributed by atoms with Crippen molar-refractivity contribution in [2.75, 3.05) is 25.3 Å². The molecule has 35 heavy (non-hydrogen) atoms. The van der Waals surface area contributed by atoms with Crippen LogP contribution >= 0.6 is 11.6 Å². The first-order valence-corrected chi connectivity index (χ1v) is 10.5. The van der Waals surface area contributed by atoms with E-state index in [0.717, 1.165) is 6.07 Å². The Bertz CT molecular complexity index is 1480. The third kappa shape index (κ3) is 4.61. The Hall–Kier alpha value is -4.16. The Kier molecular flexibility index (Phi) is 6.33. The number of fused-ring (bicyclic) bond motifs is 1. The fourth-order valence-electron chi connectivity index (χ4n) is 3.72.